The molecule has 3 aromatic heterocycles. The van der Waals surface area contributed by atoms with Gasteiger partial charge in [0.1, 0.15) is 41.0 Å². The van der Waals surface area contributed by atoms with E-state index < -0.39 is 33.0 Å². The van der Waals surface area contributed by atoms with E-state index in [-0.39, 0.29) is 16.2 Å². The topological polar surface area (TPSA) is 167 Å². The van der Waals surface area contributed by atoms with Crippen molar-refractivity contribution in [3.8, 4) is 5.82 Å². The van der Waals surface area contributed by atoms with Gasteiger partial charge in [0.05, 0.1) is 27.3 Å². The maximum atomic E-state index is 15.6. The highest BCUT2D eigenvalue weighted by molar-refractivity contribution is 7.92. The van der Waals surface area contributed by atoms with Crippen LogP contribution < -0.4 is 21.5 Å². The molecule has 0 aliphatic rings. The average Bonchev–Trinajstić information content (AvgIpc) is 3.38. The van der Waals surface area contributed by atoms with E-state index >= 15 is 4.39 Å². The third-order valence-corrected chi connectivity index (χ3v) is 7.91. The number of rotatable bonds is 6. The first-order valence-corrected chi connectivity index (χ1v) is 13.6. The molecule has 11 nitrogen and oxygen atoms in total. The summed E-state index contributed by atoms with van der Waals surface area (Å²) in [7, 11) is -4.22. The molecule has 0 bridgehead atoms. The number of nitrogens with one attached hydrogen (secondary N) is 2. The monoisotopic (exact) mass is 573 g/mol. The van der Waals surface area contributed by atoms with Crippen molar-refractivity contribution in [1.29, 1.82) is 0 Å². The van der Waals surface area contributed by atoms with Crippen LogP contribution in [0.5, 0.6) is 0 Å². The van der Waals surface area contributed by atoms with Gasteiger partial charge in [-0.2, -0.15) is 0 Å². The van der Waals surface area contributed by atoms with Crippen LogP contribution in [0.1, 0.15) is 5.56 Å². The number of nitrogens with zero attached hydrogens (tertiary/aromatic N) is 5. The number of sulfonamides is 1. The number of nitrogen functional groups attached to an aromatic ring is 2. The summed E-state index contributed by atoms with van der Waals surface area (Å²) in [6, 6.07) is 14.9. The summed E-state index contributed by atoms with van der Waals surface area (Å²) in [6.45, 7) is 1.56. The SMILES string of the molecule is Cc1cc(N)ccc1S(=O)(=O)Nc1ccc(F)c(Nc2ncnc3ccc(-n4cnc5c(N)cccc54)nc23)c1F. The number of benzene rings is 3. The number of nitrogens with two attached hydrogens (primary N) is 2. The Labute approximate surface area is 232 Å². The predicted octanol–water partition coefficient (Wildman–Crippen LogP) is 4.66. The molecule has 206 valence electrons. The van der Waals surface area contributed by atoms with Crippen LogP contribution in [0.3, 0.4) is 0 Å². The molecule has 41 heavy (non-hydrogen) atoms. The molecule has 3 aromatic carbocycles. The minimum absolute atomic E-state index is 0.00651. The van der Waals surface area contributed by atoms with Crippen molar-refractivity contribution >= 4 is 60.7 Å². The Bertz CT molecular complexity index is 2100. The molecule has 3 heterocycles. The highest BCUT2D eigenvalue weighted by Crippen LogP contribution is 2.32. The number of aryl methyl sites for hydroxylation is 1. The largest absolute Gasteiger partial charge is 0.399 e. The van der Waals surface area contributed by atoms with E-state index in [4.69, 9.17) is 11.5 Å². The third kappa shape index (κ3) is 4.59. The van der Waals surface area contributed by atoms with E-state index in [1.807, 2.05) is 6.07 Å². The van der Waals surface area contributed by atoms with Gasteiger partial charge in [0, 0.05) is 5.69 Å². The van der Waals surface area contributed by atoms with E-state index in [1.54, 1.807) is 42.1 Å². The lowest BCUT2D eigenvalue weighted by Gasteiger charge is -2.15. The van der Waals surface area contributed by atoms with Crippen LogP contribution in [0.15, 0.2) is 78.2 Å². The molecule has 0 saturated heterocycles. The molecule has 0 fully saturated rings. The van der Waals surface area contributed by atoms with Crippen LogP contribution in [0, 0.1) is 18.6 Å². The van der Waals surface area contributed by atoms with Crippen molar-refractivity contribution < 1.29 is 17.2 Å². The molecule has 6 rings (SSSR count). The summed E-state index contributed by atoms with van der Waals surface area (Å²) in [5.74, 6) is -1.73. The fourth-order valence-electron chi connectivity index (χ4n) is 4.44. The van der Waals surface area contributed by atoms with Crippen molar-refractivity contribution in [2.45, 2.75) is 11.8 Å². The third-order valence-electron chi connectivity index (χ3n) is 6.39. The van der Waals surface area contributed by atoms with Crippen molar-refractivity contribution in [2.24, 2.45) is 0 Å². The number of hydrogen-bond acceptors (Lipinski definition) is 9. The molecule has 0 radical (unpaired) electrons. The van der Waals surface area contributed by atoms with Crippen molar-refractivity contribution in [3.05, 3.63) is 90.5 Å². The molecule has 0 aliphatic carbocycles. The van der Waals surface area contributed by atoms with Crippen molar-refractivity contribution in [1.82, 2.24) is 24.5 Å². The fourth-order valence-corrected chi connectivity index (χ4v) is 5.72. The van der Waals surface area contributed by atoms with Crippen LogP contribution in [0.4, 0.5) is 37.3 Å². The van der Waals surface area contributed by atoms with Crippen LogP contribution in [0.25, 0.3) is 27.9 Å². The van der Waals surface area contributed by atoms with Crippen LogP contribution >= 0.6 is 0 Å². The van der Waals surface area contributed by atoms with Gasteiger partial charge in [-0.05, 0) is 67.1 Å². The first kappa shape index (κ1) is 25.9. The summed E-state index contributed by atoms with van der Waals surface area (Å²) < 4.78 is 60.4. The molecule has 14 heteroatoms. The standard InChI is InChI=1S/C27H21F2N9O2S/c1-14-11-15(30)5-9-21(14)41(39,40)37-18-7-6-16(28)24(23(18)29)36-27-26-19(32-12-33-27)8-10-22(35-26)38-13-34-25-17(31)3-2-4-20(25)38/h2-13,37H,30-31H2,1H3,(H,32,33,36). The molecule has 0 aliphatic heterocycles. The van der Waals surface area contributed by atoms with Crippen LogP contribution in [-0.4, -0.2) is 32.9 Å². The Kier molecular flexibility index (Phi) is 6.11. The van der Waals surface area contributed by atoms with Gasteiger partial charge < -0.3 is 16.8 Å². The highest BCUT2D eigenvalue weighted by Gasteiger charge is 2.23. The number of imidazole rings is 1. The van der Waals surface area contributed by atoms with Gasteiger partial charge in [0.25, 0.3) is 10.0 Å². The lowest BCUT2D eigenvalue weighted by molar-refractivity contribution is 0.588. The Balaban J connectivity index is 1.39. The van der Waals surface area contributed by atoms with Gasteiger partial charge in [-0.3, -0.25) is 9.29 Å². The number of aromatic nitrogens is 5. The van der Waals surface area contributed by atoms with E-state index in [1.165, 1.54) is 24.5 Å². The van der Waals surface area contributed by atoms with Gasteiger partial charge in [-0.1, -0.05) is 6.07 Å². The molecule has 0 unspecified atom stereocenters. The molecular weight excluding hydrogens is 552 g/mol. The zero-order valence-electron chi connectivity index (χ0n) is 21.3. The van der Waals surface area contributed by atoms with E-state index in [2.05, 4.69) is 30.0 Å². The Morgan fingerprint density at radius 2 is 1.76 bits per heavy atom. The summed E-state index contributed by atoms with van der Waals surface area (Å²) >= 11 is 0. The second kappa shape index (κ2) is 9.67. The lowest BCUT2D eigenvalue weighted by Crippen LogP contribution is -2.16. The lowest BCUT2D eigenvalue weighted by atomic mass is 10.2. The summed E-state index contributed by atoms with van der Waals surface area (Å²) in [5.41, 5.74) is 13.8. The van der Waals surface area contributed by atoms with Gasteiger partial charge in [0.2, 0.25) is 0 Å². The summed E-state index contributed by atoms with van der Waals surface area (Å²) in [4.78, 5) is 17.2. The molecule has 0 atom stereocenters. The van der Waals surface area contributed by atoms with Gasteiger partial charge in [0.15, 0.2) is 11.6 Å². The van der Waals surface area contributed by atoms with Crippen LogP contribution in [0.2, 0.25) is 0 Å². The van der Waals surface area contributed by atoms with E-state index in [0.717, 1.165) is 12.1 Å². The number of halogens is 2. The zero-order valence-corrected chi connectivity index (χ0v) is 22.1. The van der Waals surface area contributed by atoms with Gasteiger partial charge in [-0.15, -0.1) is 0 Å². The first-order valence-electron chi connectivity index (χ1n) is 12.1. The molecule has 0 saturated carbocycles. The molecule has 6 N–H and O–H groups in total. The van der Waals surface area contributed by atoms with Gasteiger partial charge in [-0.25, -0.2) is 37.1 Å². The Morgan fingerprint density at radius 3 is 2.56 bits per heavy atom. The molecular formula is C27H21F2N9O2S. The maximum Gasteiger partial charge on any atom is 0.262 e. The fraction of sp³-hybridized carbons (Fsp3) is 0.0370. The quantitative estimate of drug-likeness (QED) is 0.207. The number of hydrogen-bond donors (Lipinski definition) is 4. The average molecular weight is 574 g/mol. The Morgan fingerprint density at radius 1 is 0.927 bits per heavy atom. The zero-order chi connectivity index (χ0) is 28.9. The minimum atomic E-state index is -4.22. The summed E-state index contributed by atoms with van der Waals surface area (Å²) in [6.07, 6.45) is 2.77. The highest BCUT2D eigenvalue weighted by atomic mass is 32.2. The molecule has 0 amide bonds. The number of anilines is 5. The smallest absolute Gasteiger partial charge is 0.262 e. The second-order valence-corrected chi connectivity index (χ2v) is 10.8. The number of fused-ring (bicyclic) bond motifs is 2. The Hall–Kier alpha value is -5.37. The first-order chi connectivity index (χ1) is 19.6. The molecule has 0 spiro atoms. The number of para-hydroxylation sites is 1. The second-order valence-electron chi connectivity index (χ2n) is 9.13. The van der Waals surface area contributed by atoms with Crippen molar-refractivity contribution in [3.63, 3.8) is 0 Å². The molecule has 6 aromatic rings. The van der Waals surface area contributed by atoms with E-state index in [0.29, 0.717) is 39.3 Å². The normalized spacial score (nSPS) is 11.7. The number of pyridine rings is 1. The van der Waals surface area contributed by atoms with Gasteiger partial charge >= 0.3 is 0 Å². The van der Waals surface area contributed by atoms with Crippen molar-refractivity contribution in [2.75, 3.05) is 21.5 Å². The van der Waals surface area contributed by atoms with E-state index in [9.17, 15) is 12.8 Å². The summed E-state index contributed by atoms with van der Waals surface area (Å²) in [5, 5.41) is 2.63. The predicted molar refractivity (Wildman–Crippen MR) is 152 cm³/mol. The van der Waals surface area contributed by atoms with Crippen LogP contribution in [-0.2, 0) is 10.0 Å². The minimum Gasteiger partial charge on any atom is -0.399 e. The maximum absolute atomic E-state index is 15.6.